The summed E-state index contributed by atoms with van der Waals surface area (Å²) >= 11 is 5.84. The van der Waals surface area contributed by atoms with Gasteiger partial charge in [0.05, 0.1) is 0 Å². The van der Waals surface area contributed by atoms with Crippen LogP contribution in [0.15, 0.2) is 60.7 Å². The number of hydrogen-bond donors (Lipinski definition) is 0. The second kappa shape index (κ2) is 9.44. The van der Waals surface area contributed by atoms with E-state index in [-0.39, 0.29) is 5.78 Å². The molecule has 24 heavy (non-hydrogen) atoms. The van der Waals surface area contributed by atoms with Gasteiger partial charge in [0.2, 0.25) is 0 Å². The number of Topliss-reactive ketones (excluding diaryl/α,β-unsaturated/α-hetero) is 1. The Labute approximate surface area is 150 Å². The van der Waals surface area contributed by atoms with Crippen molar-refractivity contribution in [1.82, 2.24) is 0 Å². The number of aryl methyl sites for hydroxylation is 2. The van der Waals surface area contributed by atoms with E-state index in [1.54, 1.807) is 0 Å². The van der Waals surface area contributed by atoms with Crippen LogP contribution in [-0.4, -0.2) is 11.7 Å². The molecule has 0 atom stereocenters. The van der Waals surface area contributed by atoms with Gasteiger partial charge in [-0.2, -0.15) is 0 Å². The van der Waals surface area contributed by atoms with E-state index in [1.807, 2.05) is 24.3 Å². The average Bonchev–Trinajstić information content (AvgIpc) is 2.61. The van der Waals surface area contributed by atoms with Gasteiger partial charge in [0.1, 0.15) is 0 Å². The number of carbonyl (C=O) groups is 1. The molecule has 126 valence electrons. The van der Waals surface area contributed by atoms with E-state index >= 15 is 0 Å². The first-order valence-corrected chi connectivity index (χ1v) is 9.09. The van der Waals surface area contributed by atoms with Crippen molar-refractivity contribution in [3.05, 3.63) is 82.9 Å². The molecule has 0 N–H and O–H groups in total. The number of ketones is 1. The van der Waals surface area contributed by atoms with Crippen molar-refractivity contribution < 1.29 is 4.79 Å². The molecule has 0 aliphatic heterocycles. The fourth-order valence-electron chi connectivity index (χ4n) is 2.83. The fourth-order valence-corrected chi connectivity index (χ4v) is 2.92. The Bertz CT molecular complexity index is 685. The van der Waals surface area contributed by atoms with Crippen LogP contribution in [0.5, 0.6) is 0 Å². The van der Waals surface area contributed by atoms with Crippen LogP contribution in [-0.2, 0) is 19.3 Å². The number of allylic oxidation sites excluding steroid dienone is 1. The van der Waals surface area contributed by atoms with E-state index in [2.05, 4.69) is 37.8 Å². The highest BCUT2D eigenvalue weighted by Crippen LogP contribution is 2.17. The minimum atomic E-state index is 0.198. The van der Waals surface area contributed by atoms with Crippen LogP contribution in [0.1, 0.15) is 46.8 Å². The highest BCUT2D eigenvalue weighted by Gasteiger charge is 2.09. The van der Waals surface area contributed by atoms with Crippen molar-refractivity contribution in [3.8, 4) is 0 Å². The van der Waals surface area contributed by atoms with Crippen LogP contribution in [0.25, 0.3) is 0 Å². The van der Waals surface area contributed by atoms with E-state index in [1.165, 1.54) is 16.7 Å². The predicted molar refractivity (Wildman–Crippen MR) is 103 cm³/mol. The maximum absolute atomic E-state index is 12.4. The summed E-state index contributed by atoms with van der Waals surface area (Å²) in [4.78, 5) is 12.4. The van der Waals surface area contributed by atoms with E-state index in [4.69, 9.17) is 11.6 Å². The number of rotatable bonds is 9. The van der Waals surface area contributed by atoms with Crippen LogP contribution in [0.4, 0.5) is 0 Å². The summed E-state index contributed by atoms with van der Waals surface area (Å²) < 4.78 is 0. The summed E-state index contributed by atoms with van der Waals surface area (Å²) in [7, 11) is 0. The zero-order valence-electron chi connectivity index (χ0n) is 14.4. The van der Waals surface area contributed by atoms with Gasteiger partial charge in [0.25, 0.3) is 0 Å². The smallest absolute Gasteiger partial charge is 0.163 e. The monoisotopic (exact) mass is 340 g/mol. The van der Waals surface area contributed by atoms with Crippen molar-refractivity contribution in [3.63, 3.8) is 0 Å². The molecular formula is C22H25ClO. The van der Waals surface area contributed by atoms with Gasteiger partial charge in [-0.05, 0) is 36.0 Å². The SMILES string of the molecule is C=C(CCl)Cc1ccccc1CCC(=O)c1ccc(CCC)cc1. The Morgan fingerprint density at radius 2 is 1.67 bits per heavy atom. The van der Waals surface area contributed by atoms with Gasteiger partial charge >= 0.3 is 0 Å². The van der Waals surface area contributed by atoms with Crippen molar-refractivity contribution in [2.45, 2.75) is 39.0 Å². The summed E-state index contributed by atoms with van der Waals surface area (Å²) in [6.45, 7) is 6.14. The molecule has 0 saturated carbocycles. The lowest BCUT2D eigenvalue weighted by Gasteiger charge is -2.10. The Morgan fingerprint density at radius 1 is 1.00 bits per heavy atom. The van der Waals surface area contributed by atoms with Gasteiger partial charge in [-0.15, -0.1) is 11.6 Å². The lowest BCUT2D eigenvalue weighted by Crippen LogP contribution is -2.04. The van der Waals surface area contributed by atoms with Crippen LogP contribution < -0.4 is 0 Å². The molecule has 0 spiro atoms. The molecule has 2 aromatic rings. The molecule has 0 aliphatic rings. The summed E-state index contributed by atoms with van der Waals surface area (Å²) in [5.41, 5.74) is 5.52. The zero-order chi connectivity index (χ0) is 17.4. The fraction of sp³-hybridized carbons (Fsp3) is 0.318. The third kappa shape index (κ3) is 5.35. The van der Waals surface area contributed by atoms with Gasteiger partial charge in [-0.1, -0.05) is 74.0 Å². The number of carbonyl (C=O) groups excluding carboxylic acids is 1. The lowest BCUT2D eigenvalue weighted by molar-refractivity contribution is 0.0983. The second-order valence-corrected chi connectivity index (χ2v) is 6.47. The number of halogens is 1. The van der Waals surface area contributed by atoms with Gasteiger partial charge < -0.3 is 0 Å². The molecule has 0 aromatic heterocycles. The molecule has 0 fully saturated rings. The van der Waals surface area contributed by atoms with E-state index in [0.717, 1.165) is 36.8 Å². The molecule has 0 radical (unpaired) electrons. The van der Waals surface area contributed by atoms with E-state index in [9.17, 15) is 4.79 Å². The lowest BCUT2D eigenvalue weighted by atomic mass is 9.95. The Kier molecular flexibility index (Phi) is 7.27. The van der Waals surface area contributed by atoms with Crippen LogP contribution >= 0.6 is 11.6 Å². The molecule has 0 unspecified atom stereocenters. The highest BCUT2D eigenvalue weighted by atomic mass is 35.5. The predicted octanol–water partition coefficient (Wildman–Crippen LogP) is 5.79. The average molecular weight is 341 g/mol. The summed E-state index contributed by atoms with van der Waals surface area (Å²) in [6.07, 6.45) is 4.24. The molecule has 2 rings (SSSR count). The van der Waals surface area contributed by atoms with Gasteiger partial charge in [-0.25, -0.2) is 0 Å². The zero-order valence-corrected chi connectivity index (χ0v) is 15.1. The molecule has 2 heteroatoms. The maximum atomic E-state index is 12.4. The number of alkyl halides is 1. The first kappa shape index (κ1) is 18.5. The van der Waals surface area contributed by atoms with Crippen molar-refractivity contribution >= 4 is 17.4 Å². The van der Waals surface area contributed by atoms with Crippen LogP contribution in [0.2, 0.25) is 0 Å². The molecule has 0 amide bonds. The second-order valence-electron chi connectivity index (χ2n) is 6.20. The molecule has 1 nitrogen and oxygen atoms in total. The third-order valence-electron chi connectivity index (χ3n) is 4.18. The summed E-state index contributed by atoms with van der Waals surface area (Å²) in [6, 6.07) is 16.3. The normalized spacial score (nSPS) is 10.6. The van der Waals surface area contributed by atoms with Crippen molar-refractivity contribution in [2.24, 2.45) is 0 Å². The first-order chi connectivity index (χ1) is 11.6. The van der Waals surface area contributed by atoms with Crippen LogP contribution in [0.3, 0.4) is 0 Å². The van der Waals surface area contributed by atoms with Crippen molar-refractivity contribution in [1.29, 1.82) is 0 Å². The Hall–Kier alpha value is -1.86. The molecule has 0 bridgehead atoms. The molecule has 0 saturated heterocycles. The third-order valence-corrected chi connectivity index (χ3v) is 4.56. The molecule has 0 heterocycles. The summed E-state index contributed by atoms with van der Waals surface area (Å²) in [5, 5.41) is 0. The van der Waals surface area contributed by atoms with Gasteiger partial charge in [0.15, 0.2) is 5.78 Å². The van der Waals surface area contributed by atoms with E-state index < -0.39 is 0 Å². The standard InChI is InChI=1S/C22H25ClO/c1-3-6-18-9-11-20(12-10-18)22(24)14-13-19-7-4-5-8-21(19)15-17(2)16-23/h4-5,7-12H,2-3,6,13-16H2,1H3. The van der Waals surface area contributed by atoms with Crippen molar-refractivity contribution in [2.75, 3.05) is 5.88 Å². The maximum Gasteiger partial charge on any atom is 0.163 e. The van der Waals surface area contributed by atoms with E-state index in [0.29, 0.717) is 12.3 Å². The number of benzene rings is 2. The van der Waals surface area contributed by atoms with Gasteiger partial charge in [0, 0.05) is 17.9 Å². The minimum absolute atomic E-state index is 0.198. The van der Waals surface area contributed by atoms with Gasteiger partial charge in [-0.3, -0.25) is 4.79 Å². The first-order valence-electron chi connectivity index (χ1n) is 8.55. The molecule has 2 aromatic carbocycles. The quantitative estimate of drug-likeness (QED) is 0.320. The Morgan fingerprint density at radius 3 is 2.29 bits per heavy atom. The minimum Gasteiger partial charge on any atom is -0.294 e. The summed E-state index contributed by atoms with van der Waals surface area (Å²) in [5.74, 6) is 0.668. The molecule has 0 aliphatic carbocycles. The largest absolute Gasteiger partial charge is 0.294 e. The highest BCUT2D eigenvalue weighted by molar-refractivity contribution is 6.19. The molecular weight excluding hydrogens is 316 g/mol. The topological polar surface area (TPSA) is 17.1 Å². The number of hydrogen-bond acceptors (Lipinski definition) is 1. The Balaban J connectivity index is 2.00. The van der Waals surface area contributed by atoms with Crippen LogP contribution in [0, 0.1) is 0 Å².